The summed E-state index contributed by atoms with van der Waals surface area (Å²) in [6.07, 6.45) is 1.47. The van der Waals surface area contributed by atoms with Crippen molar-refractivity contribution in [2.45, 2.75) is 20.1 Å². The molecule has 0 aliphatic heterocycles. The first-order chi connectivity index (χ1) is 18.8. The van der Waals surface area contributed by atoms with Crippen molar-refractivity contribution in [1.82, 2.24) is 0 Å². The standard InChI is InChI=1S/C31H23Cl3N2O3/c1-20-3-2-4-22(13-20)18-39-30-12-5-21(15-29(30)34)14-24(17-35)31(37)36-26-8-10-27(11-9-26)38-19-23-6-7-25(32)16-28(23)33/h2-16H,18-19H2,1H3,(H,36,37)/b24-14+. The second-order valence-electron chi connectivity index (χ2n) is 8.64. The van der Waals surface area contributed by atoms with Gasteiger partial charge in [0, 0.05) is 21.3 Å². The number of rotatable bonds is 9. The predicted octanol–water partition coefficient (Wildman–Crippen LogP) is 8.66. The highest BCUT2D eigenvalue weighted by atomic mass is 35.5. The SMILES string of the molecule is Cc1cccc(COc2ccc(/C=C(\C#N)C(=O)Nc3ccc(OCc4ccc(Cl)cc4Cl)cc3)cc2Cl)c1. The van der Waals surface area contributed by atoms with Gasteiger partial charge in [-0.2, -0.15) is 5.26 Å². The van der Waals surface area contributed by atoms with E-state index in [0.717, 1.165) is 16.7 Å². The summed E-state index contributed by atoms with van der Waals surface area (Å²) in [5, 5.41) is 13.8. The quantitative estimate of drug-likeness (QED) is 0.160. The molecule has 0 aromatic heterocycles. The minimum atomic E-state index is -0.546. The summed E-state index contributed by atoms with van der Waals surface area (Å²) in [5.41, 5.74) is 4.01. The number of nitriles is 1. The largest absolute Gasteiger partial charge is 0.489 e. The number of hydrogen-bond acceptors (Lipinski definition) is 4. The van der Waals surface area contributed by atoms with E-state index in [1.54, 1.807) is 60.7 Å². The Morgan fingerprint density at radius 2 is 1.69 bits per heavy atom. The van der Waals surface area contributed by atoms with E-state index in [1.165, 1.54) is 6.08 Å². The number of anilines is 1. The molecule has 0 aliphatic rings. The molecular weight excluding hydrogens is 555 g/mol. The van der Waals surface area contributed by atoms with Crippen LogP contribution in [0.4, 0.5) is 5.69 Å². The third-order valence-corrected chi connectivity index (χ3v) is 6.51. The van der Waals surface area contributed by atoms with Gasteiger partial charge in [0.05, 0.1) is 5.02 Å². The fourth-order valence-corrected chi connectivity index (χ4v) is 4.34. The Morgan fingerprint density at radius 1 is 0.897 bits per heavy atom. The van der Waals surface area contributed by atoms with E-state index in [9.17, 15) is 10.1 Å². The van der Waals surface area contributed by atoms with E-state index in [2.05, 4.69) is 5.32 Å². The van der Waals surface area contributed by atoms with E-state index < -0.39 is 5.91 Å². The monoisotopic (exact) mass is 576 g/mol. The number of nitrogens with zero attached hydrogens (tertiary/aromatic N) is 1. The molecule has 0 saturated carbocycles. The fraction of sp³-hybridized carbons (Fsp3) is 0.0968. The number of aryl methyl sites for hydroxylation is 1. The van der Waals surface area contributed by atoms with Crippen molar-refractivity contribution in [1.29, 1.82) is 5.26 Å². The summed E-state index contributed by atoms with van der Waals surface area (Å²) >= 11 is 18.5. The first kappa shape index (κ1) is 28.1. The van der Waals surface area contributed by atoms with E-state index >= 15 is 0 Å². The zero-order valence-corrected chi connectivity index (χ0v) is 23.1. The molecule has 0 spiro atoms. The van der Waals surface area contributed by atoms with Gasteiger partial charge in [0.25, 0.3) is 5.91 Å². The van der Waals surface area contributed by atoms with Crippen LogP contribution in [-0.2, 0) is 18.0 Å². The Bertz CT molecular complexity index is 1560. The lowest BCUT2D eigenvalue weighted by Gasteiger charge is -2.10. The second kappa shape index (κ2) is 13.2. The summed E-state index contributed by atoms with van der Waals surface area (Å²) in [6, 6.07) is 27.1. The molecular formula is C31H23Cl3N2O3. The topological polar surface area (TPSA) is 71.3 Å². The summed E-state index contributed by atoms with van der Waals surface area (Å²) < 4.78 is 11.6. The highest BCUT2D eigenvalue weighted by molar-refractivity contribution is 6.35. The van der Waals surface area contributed by atoms with E-state index in [-0.39, 0.29) is 12.2 Å². The number of nitrogens with one attached hydrogen (secondary N) is 1. The molecule has 0 heterocycles. The average Bonchev–Trinajstić information content (AvgIpc) is 2.91. The van der Waals surface area contributed by atoms with Crippen molar-refractivity contribution in [3.05, 3.63) is 128 Å². The van der Waals surface area contributed by atoms with Crippen LogP contribution < -0.4 is 14.8 Å². The van der Waals surface area contributed by atoms with Crippen LogP contribution in [0.25, 0.3) is 6.08 Å². The molecule has 0 bridgehead atoms. The van der Waals surface area contributed by atoms with Gasteiger partial charge in [-0.15, -0.1) is 0 Å². The van der Waals surface area contributed by atoms with E-state index in [4.69, 9.17) is 44.3 Å². The summed E-state index contributed by atoms with van der Waals surface area (Å²) in [7, 11) is 0. The summed E-state index contributed by atoms with van der Waals surface area (Å²) in [4.78, 5) is 12.7. The maximum Gasteiger partial charge on any atom is 0.266 e. The Morgan fingerprint density at radius 3 is 2.38 bits per heavy atom. The van der Waals surface area contributed by atoms with Crippen LogP contribution in [0, 0.1) is 18.3 Å². The molecule has 1 amide bonds. The number of benzene rings is 4. The summed E-state index contributed by atoms with van der Waals surface area (Å²) in [5.74, 6) is 0.559. The Balaban J connectivity index is 1.35. The number of amides is 1. The average molecular weight is 578 g/mol. The van der Waals surface area contributed by atoms with Gasteiger partial charge < -0.3 is 14.8 Å². The minimum absolute atomic E-state index is 0.0720. The van der Waals surface area contributed by atoms with Crippen LogP contribution in [0.2, 0.25) is 15.1 Å². The number of carbonyl (C=O) groups excluding carboxylic acids is 1. The molecule has 5 nitrogen and oxygen atoms in total. The van der Waals surface area contributed by atoms with Gasteiger partial charge in [0.2, 0.25) is 0 Å². The molecule has 0 saturated heterocycles. The highest BCUT2D eigenvalue weighted by Crippen LogP contribution is 2.28. The summed E-state index contributed by atoms with van der Waals surface area (Å²) in [6.45, 7) is 2.66. The highest BCUT2D eigenvalue weighted by Gasteiger charge is 2.11. The Hall–Kier alpha value is -3.95. The third-order valence-electron chi connectivity index (χ3n) is 5.63. The maximum atomic E-state index is 12.7. The van der Waals surface area contributed by atoms with Gasteiger partial charge in [-0.25, -0.2) is 0 Å². The molecule has 39 heavy (non-hydrogen) atoms. The third kappa shape index (κ3) is 8.02. The van der Waals surface area contributed by atoms with Gasteiger partial charge in [0.15, 0.2) is 0 Å². The van der Waals surface area contributed by atoms with Crippen molar-refractivity contribution in [3.63, 3.8) is 0 Å². The zero-order valence-electron chi connectivity index (χ0n) is 20.9. The zero-order chi connectivity index (χ0) is 27.8. The number of hydrogen-bond donors (Lipinski definition) is 1. The van der Waals surface area contributed by atoms with Gasteiger partial charge >= 0.3 is 0 Å². The molecule has 0 fully saturated rings. The first-order valence-electron chi connectivity index (χ1n) is 11.9. The van der Waals surface area contributed by atoms with Gasteiger partial charge in [-0.05, 0) is 72.7 Å². The van der Waals surface area contributed by atoms with Gasteiger partial charge in [-0.1, -0.05) is 76.8 Å². The minimum Gasteiger partial charge on any atom is -0.489 e. The van der Waals surface area contributed by atoms with Crippen LogP contribution in [0.5, 0.6) is 11.5 Å². The normalized spacial score (nSPS) is 11.0. The lowest BCUT2D eigenvalue weighted by Crippen LogP contribution is -2.13. The van der Waals surface area contributed by atoms with Crippen molar-refractivity contribution < 1.29 is 14.3 Å². The molecule has 0 aliphatic carbocycles. The number of ether oxygens (including phenoxy) is 2. The van der Waals surface area contributed by atoms with E-state index in [1.807, 2.05) is 37.3 Å². The van der Waals surface area contributed by atoms with Crippen LogP contribution in [0.1, 0.15) is 22.3 Å². The molecule has 4 aromatic carbocycles. The van der Waals surface area contributed by atoms with Crippen molar-refractivity contribution >= 4 is 52.5 Å². The lowest BCUT2D eigenvalue weighted by atomic mass is 10.1. The fourth-order valence-electron chi connectivity index (χ4n) is 3.63. The molecule has 1 N–H and O–H groups in total. The van der Waals surface area contributed by atoms with E-state index in [0.29, 0.717) is 44.4 Å². The van der Waals surface area contributed by atoms with Gasteiger partial charge in [-0.3, -0.25) is 4.79 Å². The molecule has 0 atom stereocenters. The molecule has 196 valence electrons. The van der Waals surface area contributed by atoms with Crippen LogP contribution in [0.15, 0.2) is 90.5 Å². The smallest absolute Gasteiger partial charge is 0.266 e. The first-order valence-corrected chi connectivity index (χ1v) is 13.0. The molecule has 8 heteroatoms. The second-order valence-corrected chi connectivity index (χ2v) is 9.89. The molecule has 4 rings (SSSR count). The van der Waals surface area contributed by atoms with Crippen LogP contribution in [-0.4, -0.2) is 5.91 Å². The predicted molar refractivity (Wildman–Crippen MR) is 156 cm³/mol. The molecule has 0 radical (unpaired) electrons. The Kier molecular flexibility index (Phi) is 9.51. The number of halogens is 3. The van der Waals surface area contributed by atoms with Crippen molar-refractivity contribution in [2.24, 2.45) is 0 Å². The number of carbonyl (C=O) groups is 1. The van der Waals surface area contributed by atoms with Crippen molar-refractivity contribution in [3.8, 4) is 17.6 Å². The lowest BCUT2D eigenvalue weighted by molar-refractivity contribution is -0.112. The van der Waals surface area contributed by atoms with Crippen molar-refractivity contribution in [2.75, 3.05) is 5.32 Å². The van der Waals surface area contributed by atoms with Gasteiger partial charge in [0.1, 0.15) is 36.4 Å². The molecule has 4 aromatic rings. The molecule has 0 unspecified atom stereocenters. The van der Waals surface area contributed by atoms with Crippen LogP contribution in [0.3, 0.4) is 0 Å². The maximum absolute atomic E-state index is 12.7. The Labute approximate surface area is 242 Å². The van der Waals surface area contributed by atoms with Crippen LogP contribution >= 0.6 is 34.8 Å².